The second-order valence-electron chi connectivity index (χ2n) is 4.46. The Morgan fingerprint density at radius 1 is 1.65 bits per heavy atom. The average Bonchev–Trinajstić information content (AvgIpc) is 2.93. The summed E-state index contributed by atoms with van der Waals surface area (Å²) in [5.74, 6) is 0.107. The number of hydrogen-bond donors (Lipinski definition) is 1. The fraction of sp³-hybridized carbons (Fsp3) is 0.600. The molecule has 1 aliphatic rings. The molecular weight excluding hydrogens is 328 g/mol. The summed E-state index contributed by atoms with van der Waals surface area (Å²) in [4.78, 5) is 9.96. The summed E-state index contributed by atoms with van der Waals surface area (Å²) < 4.78 is 31.6. The van der Waals surface area contributed by atoms with Gasteiger partial charge in [0, 0.05) is 25.1 Å². The summed E-state index contributed by atoms with van der Waals surface area (Å²) in [6.45, 7) is 2.75. The van der Waals surface area contributed by atoms with Gasteiger partial charge < -0.3 is 4.74 Å². The summed E-state index contributed by atoms with van der Waals surface area (Å²) in [6, 6.07) is 0.976. The van der Waals surface area contributed by atoms with Crippen molar-refractivity contribution in [2.75, 3.05) is 13.2 Å². The number of nitro groups is 1. The molecule has 0 amide bonds. The van der Waals surface area contributed by atoms with Crippen LogP contribution in [-0.2, 0) is 14.8 Å². The predicted octanol–water partition coefficient (Wildman–Crippen LogP) is 2.01. The quantitative estimate of drug-likeness (QED) is 0.653. The van der Waals surface area contributed by atoms with E-state index in [0.717, 1.165) is 12.5 Å². The zero-order chi connectivity index (χ0) is 14.9. The highest BCUT2D eigenvalue weighted by Crippen LogP contribution is 2.36. The Kier molecular flexibility index (Phi) is 4.65. The molecule has 0 aliphatic carbocycles. The van der Waals surface area contributed by atoms with Gasteiger partial charge in [-0.1, -0.05) is 11.6 Å². The molecule has 7 nitrogen and oxygen atoms in total. The van der Waals surface area contributed by atoms with Gasteiger partial charge in [-0.2, -0.15) is 0 Å². The maximum atomic E-state index is 12.1. The van der Waals surface area contributed by atoms with Gasteiger partial charge in [-0.15, -0.1) is 11.3 Å². The molecule has 2 unspecified atom stereocenters. The third-order valence-corrected chi connectivity index (χ3v) is 6.41. The van der Waals surface area contributed by atoms with E-state index in [4.69, 9.17) is 16.3 Å². The molecule has 0 radical (unpaired) electrons. The molecule has 1 fully saturated rings. The van der Waals surface area contributed by atoms with Crippen LogP contribution < -0.4 is 4.72 Å². The van der Waals surface area contributed by atoms with E-state index in [2.05, 4.69) is 4.72 Å². The van der Waals surface area contributed by atoms with Crippen LogP contribution in [0.4, 0.5) is 5.69 Å². The fourth-order valence-electron chi connectivity index (χ4n) is 1.93. The highest BCUT2D eigenvalue weighted by molar-refractivity contribution is 7.91. The van der Waals surface area contributed by atoms with Crippen LogP contribution in [0.2, 0.25) is 4.34 Å². The van der Waals surface area contributed by atoms with Crippen molar-refractivity contribution in [2.45, 2.75) is 23.7 Å². The molecule has 0 spiro atoms. The van der Waals surface area contributed by atoms with Gasteiger partial charge in [0.15, 0.2) is 4.34 Å². The van der Waals surface area contributed by atoms with E-state index in [1.165, 1.54) is 0 Å². The molecule has 0 bridgehead atoms. The first kappa shape index (κ1) is 15.6. The number of rotatable bonds is 5. The maximum Gasteiger partial charge on any atom is 0.300 e. The lowest BCUT2D eigenvalue weighted by molar-refractivity contribution is -0.384. The summed E-state index contributed by atoms with van der Waals surface area (Å²) in [6.07, 6.45) is 0.786. The normalized spacial score (nSPS) is 23.1. The number of nitrogens with zero attached hydrogens (tertiary/aromatic N) is 1. The number of ether oxygens (including phenoxy) is 1. The minimum absolute atomic E-state index is 0.000963. The van der Waals surface area contributed by atoms with Gasteiger partial charge in [-0.05, 0) is 13.3 Å². The van der Waals surface area contributed by atoms with E-state index in [1.54, 1.807) is 0 Å². The summed E-state index contributed by atoms with van der Waals surface area (Å²) >= 11 is 6.34. The van der Waals surface area contributed by atoms with Crippen LogP contribution >= 0.6 is 22.9 Å². The molecule has 0 aromatic carbocycles. The lowest BCUT2D eigenvalue weighted by atomic mass is 10.0. The summed E-state index contributed by atoms with van der Waals surface area (Å²) in [5.41, 5.74) is -0.394. The first-order chi connectivity index (χ1) is 9.31. The van der Waals surface area contributed by atoms with Gasteiger partial charge in [0.1, 0.15) is 4.21 Å². The van der Waals surface area contributed by atoms with Crippen LogP contribution in [0.25, 0.3) is 0 Å². The number of thiophene rings is 1. The number of hydrogen-bond acceptors (Lipinski definition) is 6. The Morgan fingerprint density at radius 2 is 2.35 bits per heavy atom. The molecule has 1 aromatic rings. The van der Waals surface area contributed by atoms with E-state index in [9.17, 15) is 18.5 Å². The van der Waals surface area contributed by atoms with Gasteiger partial charge in [0.2, 0.25) is 10.0 Å². The van der Waals surface area contributed by atoms with E-state index in [-0.39, 0.29) is 27.1 Å². The standard InChI is InChI=1S/C10H13ClN2O5S2/c1-6-7(2-3-18-6)5-12-20(16,17)9-4-8(13(14)15)10(11)19-9/h4,6-7,12H,2-3,5H2,1H3. The van der Waals surface area contributed by atoms with Gasteiger partial charge >= 0.3 is 0 Å². The molecule has 20 heavy (non-hydrogen) atoms. The molecule has 1 saturated heterocycles. The first-order valence-corrected chi connectivity index (χ1v) is 8.54. The van der Waals surface area contributed by atoms with Crippen LogP contribution in [0.5, 0.6) is 0 Å². The van der Waals surface area contributed by atoms with Crippen LogP contribution in [0, 0.1) is 16.0 Å². The summed E-state index contributed by atoms with van der Waals surface area (Å²) in [5, 5.41) is 10.7. The van der Waals surface area contributed by atoms with Gasteiger partial charge in [0.05, 0.1) is 11.0 Å². The topological polar surface area (TPSA) is 98.5 Å². The average molecular weight is 341 g/mol. The van der Waals surface area contributed by atoms with E-state index in [0.29, 0.717) is 17.9 Å². The fourth-order valence-corrected chi connectivity index (χ4v) is 4.73. The Morgan fingerprint density at radius 3 is 2.85 bits per heavy atom. The van der Waals surface area contributed by atoms with Gasteiger partial charge in [-0.3, -0.25) is 10.1 Å². The Bertz CT molecular complexity index is 615. The smallest absolute Gasteiger partial charge is 0.300 e. The van der Waals surface area contributed by atoms with Gasteiger partial charge in [-0.25, -0.2) is 13.1 Å². The SMILES string of the molecule is CC1OCCC1CNS(=O)(=O)c1cc([N+](=O)[O-])c(Cl)s1. The van der Waals surface area contributed by atoms with E-state index >= 15 is 0 Å². The molecule has 2 rings (SSSR count). The van der Waals surface area contributed by atoms with Crippen molar-refractivity contribution in [2.24, 2.45) is 5.92 Å². The van der Waals surface area contributed by atoms with Crippen LogP contribution in [0.1, 0.15) is 13.3 Å². The molecular formula is C10H13ClN2O5S2. The lowest BCUT2D eigenvalue weighted by Crippen LogP contribution is -2.31. The first-order valence-electron chi connectivity index (χ1n) is 5.86. The van der Waals surface area contributed by atoms with Crippen LogP contribution in [-0.4, -0.2) is 32.6 Å². The molecule has 1 N–H and O–H groups in total. The molecule has 1 aliphatic heterocycles. The van der Waals surface area contributed by atoms with Crippen LogP contribution in [0.15, 0.2) is 10.3 Å². The second kappa shape index (κ2) is 5.94. The van der Waals surface area contributed by atoms with E-state index < -0.39 is 20.6 Å². The van der Waals surface area contributed by atoms with Crippen molar-refractivity contribution >= 4 is 38.6 Å². The van der Waals surface area contributed by atoms with Crippen molar-refractivity contribution < 1.29 is 18.1 Å². The van der Waals surface area contributed by atoms with E-state index in [1.807, 2.05) is 6.92 Å². The lowest BCUT2D eigenvalue weighted by Gasteiger charge is -2.14. The highest BCUT2D eigenvalue weighted by atomic mass is 35.5. The van der Waals surface area contributed by atoms with Crippen molar-refractivity contribution in [3.05, 3.63) is 20.5 Å². The number of nitrogens with one attached hydrogen (secondary N) is 1. The number of halogens is 1. The zero-order valence-electron chi connectivity index (χ0n) is 10.5. The highest BCUT2D eigenvalue weighted by Gasteiger charge is 2.29. The van der Waals surface area contributed by atoms with Crippen molar-refractivity contribution in [3.63, 3.8) is 0 Å². The Hall–Kier alpha value is -0.740. The zero-order valence-corrected chi connectivity index (χ0v) is 12.9. The van der Waals surface area contributed by atoms with Crippen molar-refractivity contribution in [1.29, 1.82) is 0 Å². The summed E-state index contributed by atoms with van der Waals surface area (Å²) in [7, 11) is -3.78. The van der Waals surface area contributed by atoms with Crippen LogP contribution in [0.3, 0.4) is 0 Å². The molecule has 112 valence electrons. The molecule has 1 aromatic heterocycles. The van der Waals surface area contributed by atoms with Crippen molar-refractivity contribution in [1.82, 2.24) is 4.72 Å². The Labute approximate surface area is 125 Å². The molecule has 2 heterocycles. The number of sulfonamides is 1. The minimum atomic E-state index is -3.78. The second-order valence-corrected chi connectivity index (χ2v) is 8.11. The van der Waals surface area contributed by atoms with Crippen molar-refractivity contribution in [3.8, 4) is 0 Å². The molecule has 10 heteroatoms. The molecule has 0 saturated carbocycles. The third-order valence-electron chi connectivity index (χ3n) is 3.18. The van der Waals surface area contributed by atoms with Gasteiger partial charge in [0.25, 0.3) is 5.69 Å². The molecule has 2 atom stereocenters. The third kappa shape index (κ3) is 3.29. The Balaban J connectivity index is 2.10. The monoisotopic (exact) mass is 340 g/mol. The maximum absolute atomic E-state index is 12.1. The largest absolute Gasteiger partial charge is 0.378 e. The minimum Gasteiger partial charge on any atom is -0.378 e. The predicted molar refractivity (Wildman–Crippen MR) is 74.7 cm³/mol.